The van der Waals surface area contributed by atoms with E-state index in [2.05, 4.69) is 11.4 Å². The van der Waals surface area contributed by atoms with Crippen molar-refractivity contribution in [2.75, 3.05) is 46.9 Å². The molecule has 0 spiro atoms. The van der Waals surface area contributed by atoms with Crippen LogP contribution >= 0.6 is 11.3 Å². The summed E-state index contributed by atoms with van der Waals surface area (Å²) in [6.45, 7) is 2.45. The van der Waals surface area contributed by atoms with E-state index in [1.54, 1.807) is 40.5 Å². The second-order valence-electron chi connectivity index (χ2n) is 6.76. The van der Waals surface area contributed by atoms with Crippen LogP contribution in [0.2, 0.25) is 0 Å². The predicted molar refractivity (Wildman–Crippen MR) is 109 cm³/mol. The molecule has 0 unspecified atom stereocenters. The van der Waals surface area contributed by atoms with E-state index in [0.717, 1.165) is 6.54 Å². The Balaban J connectivity index is 1.53. The van der Waals surface area contributed by atoms with Crippen molar-refractivity contribution in [3.63, 3.8) is 0 Å². The number of amides is 1. The minimum atomic E-state index is -3.56. The summed E-state index contributed by atoms with van der Waals surface area (Å²) in [5.74, 6) is 0.639. The summed E-state index contributed by atoms with van der Waals surface area (Å²) in [4.78, 5) is 16.5. The number of thiophene rings is 1. The van der Waals surface area contributed by atoms with Gasteiger partial charge in [0.15, 0.2) is 0 Å². The van der Waals surface area contributed by atoms with Crippen LogP contribution < -0.4 is 4.74 Å². The van der Waals surface area contributed by atoms with Gasteiger partial charge in [0.1, 0.15) is 5.75 Å². The molecule has 7 nitrogen and oxygen atoms in total. The summed E-state index contributed by atoms with van der Waals surface area (Å²) in [7, 11) is -0.107. The van der Waals surface area contributed by atoms with Crippen LogP contribution in [0.4, 0.5) is 0 Å². The largest absolute Gasteiger partial charge is 0.497 e. The summed E-state index contributed by atoms with van der Waals surface area (Å²) in [6, 6.07) is 8.41. The van der Waals surface area contributed by atoms with Crippen molar-refractivity contribution in [1.82, 2.24) is 14.1 Å². The van der Waals surface area contributed by atoms with Crippen LogP contribution in [0.25, 0.3) is 0 Å². The van der Waals surface area contributed by atoms with Gasteiger partial charge in [-0.1, -0.05) is 0 Å². The van der Waals surface area contributed by atoms with Gasteiger partial charge in [0, 0.05) is 32.7 Å². The molecule has 1 aromatic carbocycles. The molecule has 2 heterocycles. The summed E-state index contributed by atoms with van der Waals surface area (Å²) < 4.78 is 32.1. The first-order valence-corrected chi connectivity index (χ1v) is 11.4. The average Bonchev–Trinajstić information content (AvgIpc) is 3.21. The normalized spacial score (nSPS) is 15.8. The molecule has 0 aliphatic carbocycles. The average molecular weight is 424 g/mol. The molecular weight excluding hydrogens is 398 g/mol. The highest BCUT2D eigenvalue weighted by Gasteiger charge is 2.30. The number of methoxy groups -OCH3 is 1. The van der Waals surface area contributed by atoms with Crippen LogP contribution in [-0.4, -0.2) is 75.3 Å². The Labute approximate surface area is 170 Å². The number of hydrogen-bond acceptors (Lipinski definition) is 6. The van der Waals surface area contributed by atoms with Gasteiger partial charge in [-0.3, -0.25) is 9.69 Å². The van der Waals surface area contributed by atoms with E-state index in [0.29, 0.717) is 38.5 Å². The lowest BCUT2D eigenvalue weighted by Gasteiger charge is -2.34. The summed E-state index contributed by atoms with van der Waals surface area (Å²) in [5.41, 5.74) is 1.19. The van der Waals surface area contributed by atoms with Gasteiger partial charge in [0.25, 0.3) is 0 Å². The molecule has 152 valence electrons. The van der Waals surface area contributed by atoms with E-state index in [9.17, 15) is 13.2 Å². The Morgan fingerprint density at radius 3 is 2.39 bits per heavy atom. The summed E-state index contributed by atoms with van der Waals surface area (Å²) in [6.07, 6.45) is 0. The molecule has 0 atom stereocenters. The fourth-order valence-corrected chi connectivity index (χ4v) is 5.24. The van der Waals surface area contributed by atoms with E-state index in [1.807, 2.05) is 17.3 Å². The topological polar surface area (TPSA) is 70.2 Å². The zero-order valence-electron chi connectivity index (χ0n) is 16.1. The van der Waals surface area contributed by atoms with Gasteiger partial charge < -0.3 is 9.64 Å². The van der Waals surface area contributed by atoms with E-state index in [1.165, 1.54) is 17.0 Å². The van der Waals surface area contributed by atoms with Gasteiger partial charge in [-0.2, -0.15) is 15.6 Å². The molecule has 1 aromatic heterocycles. The quantitative estimate of drug-likeness (QED) is 0.678. The van der Waals surface area contributed by atoms with E-state index < -0.39 is 10.0 Å². The third-order valence-electron chi connectivity index (χ3n) is 4.73. The number of sulfonamides is 1. The number of benzene rings is 1. The first-order valence-electron chi connectivity index (χ1n) is 9.02. The summed E-state index contributed by atoms with van der Waals surface area (Å²) in [5, 5.41) is 4.09. The molecule has 1 aliphatic heterocycles. The van der Waals surface area contributed by atoms with Gasteiger partial charge in [-0.05, 0) is 53.7 Å². The Morgan fingerprint density at radius 2 is 1.82 bits per heavy atom. The number of likely N-dealkylation sites (N-methyl/N-ethyl adjacent to an activating group) is 1. The first kappa shape index (κ1) is 20.8. The van der Waals surface area contributed by atoms with Crippen LogP contribution in [0.3, 0.4) is 0 Å². The third kappa shape index (κ3) is 4.91. The highest BCUT2D eigenvalue weighted by molar-refractivity contribution is 7.89. The predicted octanol–water partition coefficient (Wildman–Crippen LogP) is 1.72. The highest BCUT2D eigenvalue weighted by Crippen LogP contribution is 2.20. The fourth-order valence-electron chi connectivity index (χ4n) is 3.16. The number of carbonyl (C=O) groups is 1. The zero-order valence-corrected chi connectivity index (χ0v) is 17.7. The Morgan fingerprint density at radius 1 is 1.14 bits per heavy atom. The summed E-state index contributed by atoms with van der Waals surface area (Å²) >= 11 is 1.64. The maximum atomic E-state index is 12.8. The van der Waals surface area contributed by atoms with Crippen molar-refractivity contribution in [2.45, 2.75) is 11.4 Å². The number of nitrogens with zero attached hydrogens (tertiary/aromatic N) is 3. The lowest BCUT2D eigenvalue weighted by Crippen LogP contribution is -2.52. The third-order valence-corrected chi connectivity index (χ3v) is 7.37. The fraction of sp³-hybridized carbons (Fsp3) is 0.421. The minimum Gasteiger partial charge on any atom is -0.497 e. The van der Waals surface area contributed by atoms with Crippen LogP contribution in [0.5, 0.6) is 5.75 Å². The van der Waals surface area contributed by atoms with Gasteiger partial charge >= 0.3 is 0 Å². The number of carbonyl (C=O) groups excluding carboxylic acids is 1. The van der Waals surface area contributed by atoms with E-state index >= 15 is 0 Å². The molecule has 1 fully saturated rings. The maximum Gasteiger partial charge on any atom is 0.243 e. The monoisotopic (exact) mass is 423 g/mol. The molecule has 1 saturated heterocycles. The van der Waals surface area contributed by atoms with Gasteiger partial charge in [-0.25, -0.2) is 8.42 Å². The Bertz CT molecular complexity index is 874. The van der Waals surface area contributed by atoms with E-state index in [4.69, 9.17) is 4.74 Å². The van der Waals surface area contributed by atoms with Crippen molar-refractivity contribution >= 4 is 27.3 Å². The molecule has 28 heavy (non-hydrogen) atoms. The number of piperazine rings is 1. The van der Waals surface area contributed by atoms with Crippen molar-refractivity contribution in [1.29, 1.82) is 0 Å². The molecule has 9 heteroatoms. The van der Waals surface area contributed by atoms with Crippen LogP contribution in [0.1, 0.15) is 5.56 Å². The number of ether oxygens (including phenoxy) is 1. The van der Waals surface area contributed by atoms with Gasteiger partial charge in [0.2, 0.25) is 15.9 Å². The Hall–Kier alpha value is -1.94. The highest BCUT2D eigenvalue weighted by atomic mass is 32.2. The van der Waals surface area contributed by atoms with Crippen molar-refractivity contribution in [3.05, 3.63) is 46.7 Å². The van der Waals surface area contributed by atoms with Crippen molar-refractivity contribution in [2.24, 2.45) is 0 Å². The molecule has 1 aliphatic rings. The Kier molecular flexibility index (Phi) is 6.71. The molecule has 0 bridgehead atoms. The second kappa shape index (κ2) is 9.04. The standard InChI is InChI=1S/C19H25N3O4S2/c1-20(13-16-7-12-27-15-16)14-19(23)21-8-10-22(11-9-21)28(24,25)18-5-3-17(26-2)4-6-18/h3-7,12,15H,8-11,13-14H2,1-2H3. The van der Waals surface area contributed by atoms with Gasteiger partial charge in [0.05, 0.1) is 18.6 Å². The molecule has 1 amide bonds. The molecule has 2 aromatic rings. The van der Waals surface area contributed by atoms with Crippen molar-refractivity contribution < 1.29 is 17.9 Å². The SMILES string of the molecule is COc1ccc(S(=O)(=O)N2CCN(C(=O)CN(C)Cc3ccsc3)CC2)cc1. The van der Waals surface area contributed by atoms with E-state index in [-0.39, 0.29) is 10.8 Å². The molecule has 0 radical (unpaired) electrons. The number of rotatable bonds is 7. The first-order chi connectivity index (χ1) is 13.4. The zero-order chi connectivity index (χ0) is 20.1. The minimum absolute atomic E-state index is 0.0271. The lowest BCUT2D eigenvalue weighted by molar-refractivity contribution is -0.133. The molecular formula is C19H25N3O4S2. The van der Waals surface area contributed by atoms with Crippen LogP contribution in [0, 0.1) is 0 Å². The lowest BCUT2D eigenvalue weighted by atomic mass is 10.3. The van der Waals surface area contributed by atoms with Gasteiger partial charge in [-0.15, -0.1) is 0 Å². The van der Waals surface area contributed by atoms with Crippen LogP contribution in [0.15, 0.2) is 46.0 Å². The number of hydrogen-bond donors (Lipinski definition) is 0. The maximum absolute atomic E-state index is 12.8. The molecule has 3 rings (SSSR count). The van der Waals surface area contributed by atoms with Crippen LogP contribution in [-0.2, 0) is 21.4 Å². The second-order valence-corrected chi connectivity index (χ2v) is 9.48. The smallest absolute Gasteiger partial charge is 0.243 e. The van der Waals surface area contributed by atoms with Crippen molar-refractivity contribution in [3.8, 4) is 5.75 Å². The molecule has 0 saturated carbocycles. The molecule has 0 N–H and O–H groups in total.